The van der Waals surface area contributed by atoms with E-state index in [0.29, 0.717) is 31.9 Å². The lowest BCUT2D eigenvalue weighted by Gasteiger charge is -2.37. The Morgan fingerprint density at radius 1 is 1.02 bits per heavy atom. The maximum absolute atomic E-state index is 14.2. The van der Waals surface area contributed by atoms with Crippen LogP contribution in [0.25, 0.3) is 17.1 Å². The molecule has 0 saturated carbocycles. The first-order valence-corrected chi connectivity index (χ1v) is 17.7. The summed E-state index contributed by atoms with van der Waals surface area (Å²) in [6.07, 6.45) is 0.513. The number of alkyl halides is 3. The normalized spacial score (nSPS) is 14.7. The Labute approximate surface area is 323 Å². The first-order valence-electron chi connectivity index (χ1n) is 17.4. The standard InChI is InChI=1S/C34H37ClF3N11O4.CH2O2/c1-46-26(24-19-49(45-29(24)34(36,37)38)28-5-3-22(17-42-28)41-11-8-27(39)50)18-43-30(46)31(51)44-21-2-4-23(25(35)16-21)33(53)48-14-12-47(13-15-48)32(52)20-6-9-40-10-7-20;2-1-3/h2-5,16-20,40-41H,6-15H2,1H3,(H2,39,50)(H,44,51);1H,(H,2,3). The van der Waals surface area contributed by atoms with Gasteiger partial charge in [0.05, 0.1) is 39.9 Å². The van der Waals surface area contributed by atoms with Crippen LogP contribution in [0.3, 0.4) is 0 Å². The molecule has 6 rings (SSSR count). The van der Waals surface area contributed by atoms with Crippen LogP contribution in [0.2, 0.25) is 5.02 Å². The molecule has 0 aliphatic carbocycles. The van der Waals surface area contributed by atoms with Crippen LogP contribution in [0.4, 0.5) is 24.5 Å². The summed E-state index contributed by atoms with van der Waals surface area (Å²) >= 11 is 6.49. The number of rotatable bonds is 10. The molecule has 0 spiro atoms. The number of hydrogen-bond acceptors (Lipinski definition) is 10. The van der Waals surface area contributed by atoms with E-state index < -0.39 is 23.7 Å². The predicted octanol–water partition coefficient (Wildman–Crippen LogP) is 2.86. The third-order valence-electron chi connectivity index (χ3n) is 9.16. The summed E-state index contributed by atoms with van der Waals surface area (Å²) in [7, 11) is 1.40. The van der Waals surface area contributed by atoms with Gasteiger partial charge in [0.1, 0.15) is 0 Å². The molecule has 56 heavy (non-hydrogen) atoms. The molecule has 4 amide bonds. The number of nitrogens with two attached hydrogens (primary N) is 1. The largest absolute Gasteiger partial charge is 0.483 e. The molecule has 17 nitrogen and oxygen atoms in total. The molecule has 21 heteroatoms. The number of nitrogens with zero attached hydrogens (tertiary/aromatic N) is 7. The van der Waals surface area contributed by atoms with Gasteiger partial charge in [0.25, 0.3) is 18.3 Å². The highest BCUT2D eigenvalue weighted by atomic mass is 35.5. The van der Waals surface area contributed by atoms with E-state index in [1.165, 1.54) is 42.1 Å². The fourth-order valence-electron chi connectivity index (χ4n) is 6.30. The van der Waals surface area contributed by atoms with Crippen LogP contribution < -0.4 is 21.7 Å². The van der Waals surface area contributed by atoms with Gasteiger partial charge in [-0.05, 0) is 56.3 Å². The highest BCUT2D eigenvalue weighted by Gasteiger charge is 2.39. The number of halogens is 4. The number of piperidine rings is 1. The van der Waals surface area contributed by atoms with Crippen molar-refractivity contribution in [2.45, 2.75) is 25.4 Å². The van der Waals surface area contributed by atoms with E-state index in [2.05, 4.69) is 31.0 Å². The molecule has 0 unspecified atom stereocenters. The van der Waals surface area contributed by atoms with Gasteiger partial charge in [-0.3, -0.25) is 24.0 Å². The molecule has 2 fully saturated rings. The first-order chi connectivity index (χ1) is 26.7. The average molecular weight is 802 g/mol. The lowest BCUT2D eigenvalue weighted by atomic mass is 9.96. The Morgan fingerprint density at radius 3 is 2.29 bits per heavy atom. The van der Waals surface area contributed by atoms with Gasteiger partial charge in [0.2, 0.25) is 11.8 Å². The number of amides is 4. The van der Waals surface area contributed by atoms with Crippen molar-refractivity contribution in [2.24, 2.45) is 18.7 Å². The summed E-state index contributed by atoms with van der Waals surface area (Å²) in [4.78, 5) is 70.5. The summed E-state index contributed by atoms with van der Waals surface area (Å²) in [6.45, 7) is 3.23. The SMILES string of the molecule is Cn1c(-c2cn(-c3ccc(NCCC(N)=O)cn3)nc2C(F)(F)F)cnc1C(=O)Nc1ccc(C(=O)N2CCN(C(=O)C3CCNCC3)CC2)c(Cl)c1.O=CO. The number of carboxylic acid groups (broad SMARTS) is 1. The van der Waals surface area contributed by atoms with E-state index in [1.807, 2.05) is 4.90 Å². The molecular formula is C35H39ClF3N11O6. The summed E-state index contributed by atoms with van der Waals surface area (Å²) < 4.78 is 44.7. The average Bonchev–Trinajstić information content (AvgIpc) is 3.79. The number of carbonyl (C=O) groups is 5. The van der Waals surface area contributed by atoms with Crippen molar-refractivity contribution in [3.05, 3.63) is 71.0 Å². The molecule has 1 aromatic carbocycles. The summed E-state index contributed by atoms with van der Waals surface area (Å²) in [6, 6.07) is 7.41. The zero-order chi connectivity index (χ0) is 40.6. The van der Waals surface area contributed by atoms with Crippen LogP contribution in [-0.2, 0) is 27.6 Å². The van der Waals surface area contributed by atoms with Crippen LogP contribution in [0.15, 0.2) is 48.9 Å². The fraction of sp³-hybridized carbons (Fsp3) is 0.371. The van der Waals surface area contributed by atoms with Gasteiger partial charge >= 0.3 is 6.18 Å². The number of imidazole rings is 1. The zero-order valence-corrected chi connectivity index (χ0v) is 30.8. The molecule has 2 aliphatic rings. The number of aromatic nitrogens is 5. The van der Waals surface area contributed by atoms with E-state index in [0.717, 1.165) is 43.0 Å². The smallest absolute Gasteiger partial charge is 0.435 e. The number of primary amides is 1. The quantitative estimate of drug-likeness (QED) is 0.147. The Hall–Kier alpha value is -6.02. The molecule has 2 saturated heterocycles. The second-order valence-corrected chi connectivity index (χ2v) is 13.2. The number of nitrogens with one attached hydrogen (secondary N) is 3. The lowest BCUT2D eigenvalue weighted by molar-refractivity contribution is -0.141. The Morgan fingerprint density at radius 2 is 1.68 bits per heavy atom. The number of hydrogen-bond donors (Lipinski definition) is 5. The number of benzene rings is 1. The highest BCUT2D eigenvalue weighted by molar-refractivity contribution is 6.34. The van der Waals surface area contributed by atoms with E-state index >= 15 is 0 Å². The lowest BCUT2D eigenvalue weighted by Crippen LogP contribution is -2.52. The van der Waals surface area contributed by atoms with E-state index in [-0.39, 0.29) is 76.3 Å². The molecule has 0 bridgehead atoms. The Kier molecular flexibility index (Phi) is 13.3. The second kappa shape index (κ2) is 18.1. The summed E-state index contributed by atoms with van der Waals surface area (Å²) in [5, 5.41) is 19.6. The van der Waals surface area contributed by atoms with Crippen molar-refractivity contribution in [1.29, 1.82) is 0 Å². The zero-order valence-electron chi connectivity index (χ0n) is 30.1. The van der Waals surface area contributed by atoms with Gasteiger partial charge in [0.15, 0.2) is 17.3 Å². The topological polar surface area (TPSA) is 223 Å². The van der Waals surface area contributed by atoms with Crippen molar-refractivity contribution in [2.75, 3.05) is 56.4 Å². The van der Waals surface area contributed by atoms with Gasteiger partial charge in [-0.15, -0.1) is 0 Å². The molecule has 2 aliphatic heterocycles. The molecule has 0 radical (unpaired) electrons. The fourth-order valence-corrected chi connectivity index (χ4v) is 6.56. The third kappa shape index (κ3) is 9.79. The Bertz CT molecular complexity index is 2060. The summed E-state index contributed by atoms with van der Waals surface area (Å²) in [5.74, 6) is -1.50. The first kappa shape index (κ1) is 41.1. The molecule has 4 aromatic rings. The van der Waals surface area contributed by atoms with Crippen LogP contribution >= 0.6 is 11.6 Å². The van der Waals surface area contributed by atoms with Crippen LogP contribution in [0, 0.1) is 5.92 Å². The van der Waals surface area contributed by atoms with Crippen LogP contribution in [-0.4, -0.2) is 115 Å². The van der Waals surface area contributed by atoms with Gasteiger partial charge in [-0.1, -0.05) is 11.6 Å². The molecular weight excluding hydrogens is 763 g/mol. The van der Waals surface area contributed by atoms with Gasteiger partial charge in [0, 0.05) is 64.0 Å². The predicted molar refractivity (Wildman–Crippen MR) is 197 cm³/mol. The van der Waals surface area contributed by atoms with Crippen molar-refractivity contribution in [3.63, 3.8) is 0 Å². The van der Waals surface area contributed by atoms with Gasteiger partial charge in [-0.2, -0.15) is 18.3 Å². The number of piperazine rings is 1. The number of anilines is 2. The van der Waals surface area contributed by atoms with E-state index in [1.54, 1.807) is 11.0 Å². The van der Waals surface area contributed by atoms with Crippen molar-refractivity contribution < 1.29 is 42.3 Å². The minimum Gasteiger partial charge on any atom is -0.483 e. The van der Waals surface area contributed by atoms with Gasteiger partial charge < -0.3 is 41.2 Å². The maximum Gasteiger partial charge on any atom is 0.435 e. The number of carbonyl (C=O) groups excluding carboxylic acids is 4. The van der Waals surface area contributed by atoms with Gasteiger partial charge in [-0.25, -0.2) is 14.6 Å². The second-order valence-electron chi connectivity index (χ2n) is 12.8. The van der Waals surface area contributed by atoms with Crippen molar-refractivity contribution >= 4 is 53.1 Å². The minimum absolute atomic E-state index is 0.00239. The summed E-state index contributed by atoms with van der Waals surface area (Å²) in [5.41, 5.74) is 4.55. The van der Waals surface area contributed by atoms with E-state index in [9.17, 15) is 32.3 Å². The van der Waals surface area contributed by atoms with Crippen LogP contribution in [0.5, 0.6) is 0 Å². The van der Waals surface area contributed by atoms with Crippen LogP contribution in [0.1, 0.15) is 45.9 Å². The third-order valence-corrected chi connectivity index (χ3v) is 9.47. The number of pyridine rings is 1. The Balaban J connectivity index is 0.00000194. The maximum atomic E-state index is 14.2. The van der Waals surface area contributed by atoms with Crippen molar-refractivity contribution in [3.8, 4) is 17.1 Å². The minimum atomic E-state index is -4.85. The molecule has 0 atom stereocenters. The molecule has 6 N–H and O–H groups in total. The monoisotopic (exact) mass is 801 g/mol. The molecule has 298 valence electrons. The molecule has 5 heterocycles. The molecule has 3 aromatic heterocycles. The van der Waals surface area contributed by atoms with E-state index in [4.69, 9.17) is 27.2 Å². The van der Waals surface area contributed by atoms with Crippen molar-refractivity contribution in [1.82, 2.24) is 39.4 Å². The highest BCUT2D eigenvalue weighted by Crippen LogP contribution is 2.37.